The van der Waals surface area contributed by atoms with E-state index in [0.717, 1.165) is 12.1 Å². The van der Waals surface area contributed by atoms with Gasteiger partial charge in [0, 0.05) is 57.2 Å². The molecule has 1 saturated heterocycles. The van der Waals surface area contributed by atoms with Gasteiger partial charge in [-0.05, 0) is 56.3 Å². The maximum absolute atomic E-state index is 15.8. The lowest BCUT2D eigenvalue weighted by molar-refractivity contribution is -0.147. The number of nitrogens with one attached hydrogen (secondary N) is 1. The van der Waals surface area contributed by atoms with Crippen LogP contribution in [0.25, 0.3) is 5.57 Å². The first-order valence-corrected chi connectivity index (χ1v) is 14.1. The van der Waals surface area contributed by atoms with Crippen molar-refractivity contribution in [3.05, 3.63) is 64.7 Å². The second-order valence-electron chi connectivity index (χ2n) is 11.5. The first-order valence-electron chi connectivity index (χ1n) is 14.1. The molecule has 44 heavy (non-hydrogen) atoms. The fraction of sp³-hybridized carbons (Fsp3) is 0.467. The van der Waals surface area contributed by atoms with Crippen molar-refractivity contribution in [2.24, 2.45) is 0 Å². The molecule has 2 aromatic rings. The van der Waals surface area contributed by atoms with Crippen molar-refractivity contribution in [3.63, 3.8) is 0 Å². The summed E-state index contributed by atoms with van der Waals surface area (Å²) in [7, 11) is 1.92. The van der Waals surface area contributed by atoms with Crippen molar-refractivity contribution >= 4 is 28.9 Å². The summed E-state index contributed by atoms with van der Waals surface area (Å²) in [6.07, 6.45) is -5.89. The topological polar surface area (TPSA) is 65.1 Å². The van der Waals surface area contributed by atoms with Crippen LogP contribution in [0, 0.1) is 11.6 Å². The van der Waals surface area contributed by atoms with Gasteiger partial charge >= 0.3 is 12.3 Å². The standard InChI is InChI=1S/C30H31F7N4O3/c1-17-15-40(9-8-39(17)2)26-12-24(32)22(18-4-3-7-41(16-18)28(43)44-20-13-29(33,34)14-20)11-25(26)38-27(42)21-6-5-19(31)10-23(21)30(35,36)37/h4-6,10-12,17,20H,3,7-9,13-16H2,1-2H3,(H,38,42). The van der Waals surface area contributed by atoms with E-state index in [1.165, 1.54) is 17.0 Å². The van der Waals surface area contributed by atoms with Crippen LogP contribution in [0.5, 0.6) is 0 Å². The highest BCUT2D eigenvalue weighted by molar-refractivity contribution is 6.07. The molecule has 2 aliphatic heterocycles. The molecule has 14 heteroatoms. The van der Waals surface area contributed by atoms with Gasteiger partial charge in [0.05, 0.1) is 22.5 Å². The molecule has 0 radical (unpaired) electrons. The van der Waals surface area contributed by atoms with Crippen LogP contribution in [0.2, 0.25) is 0 Å². The molecule has 2 aromatic carbocycles. The molecular weight excluding hydrogens is 597 g/mol. The first kappa shape index (κ1) is 31.6. The largest absolute Gasteiger partial charge is 0.446 e. The van der Waals surface area contributed by atoms with E-state index in [2.05, 4.69) is 10.2 Å². The number of alkyl halides is 5. The molecule has 2 amide bonds. The highest BCUT2D eigenvalue weighted by Gasteiger charge is 2.48. The summed E-state index contributed by atoms with van der Waals surface area (Å²) in [6.45, 7) is 3.52. The number of hydrogen-bond acceptors (Lipinski definition) is 5. The summed E-state index contributed by atoms with van der Waals surface area (Å²) >= 11 is 0. The lowest BCUT2D eigenvalue weighted by Crippen LogP contribution is -2.50. The van der Waals surface area contributed by atoms with E-state index in [4.69, 9.17) is 4.74 Å². The number of carbonyl (C=O) groups excluding carboxylic acids is 2. The lowest BCUT2D eigenvalue weighted by Gasteiger charge is -2.40. The summed E-state index contributed by atoms with van der Waals surface area (Å²) in [6, 6.07) is 4.25. The highest BCUT2D eigenvalue weighted by atomic mass is 19.4. The smallest absolute Gasteiger partial charge is 0.417 e. The van der Waals surface area contributed by atoms with Crippen LogP contribution in [0.1, 0.15) is 47.7 Å². The van der Waals surface area contributed by atoms with Crippen LogP contribution >= 0.6 is 0 Å². The Morgan fingerprint density at radius 3 is 2.43 bits per heavy atom. The number of rotatable bonds is 5. The molecule has 0 spiro atoms. The van der Waals surface area contributed by atoms with Crippen LogP contribution < -0.4 is 10.2 Å². The summed E-state index contributed by atoms with van der Waals surface area (Å²) in [4.78, 5) is 31.1. The normalized spacial score (nSPS) is 21.0. The van der Waals surface area contributed by atoms with Crippen LogP contribution in [0.4, 0.5) is 46.9 Å². The molecule has 1 N–H and O–H groups in total. The van der Waals surface area contributed by atoms with Crippen molar-refractivity contribution in [2.45, 2.75) is 50.4 Å². The lowest BCUT2D eigenvalue weighted by atomic mass is 9.91. The average molecular weight is 629 g/mol. The number of carbonyl (C=O) groups is 2. The van der Waals surface area contributed by atoms with Gasteiger partial charge in [-0.2, -0.15) is 13.2 Å². The van der Waals surface area contributed by atoms with Gasteiger partial charge in [-0.3, -0.25) is 4.79 Å². The van der Waals surface area contributed by atoms with Crippen LogP contribution in [-0.2, 0) is 10.9 Å². The van der Waals surface area contributed by atoms with Gasteiger partial charge in [0.15, 0.2) is 0 Å². The molecule has 238 valence electrons. The maximum Gasteiger partial charge on any atom is 0.417 e. The SMILES string of the molecule is CC1CN(c2cc(F)c(C3=CCCN(C(=O)OC4CC(F)(F)C4)C3)cc2NC(=O)c2ccc(F)cc2C(F)(F)F)CCN1C. The Balaban J connectivity index is 1.45. The zero-order chi connectivity index (χ0) is 32.0. The van der Waals surface area contributed by atoms with E-state index in [1.54, 1.807) is 6.08 Å². The van der Waals surface area contributed by atoms with Crippen molar-refractivity contribution < 1.29 is 45.1 Å². The van der Waals surface area contributed by atoms with E-state index in [9.17, 15) is 35.9 Å². The summed E-state index contributed by atoms with van der Waals surface area (Å²) < 4.78 is 102. The second-order valence-corrected chi connectivity index (χ2v) is 11.5. The van der Waals surface area contributed by atoms with Crippen LogP contribution in [0.3, 0.4) is 0 Å². The van der Waals surface area contributed by atoms with Gasteiger partial charge in [-0.1, -0.05) is 6.08 Å². The van der Waals surface area contributed by atoms with Gasteiger partial charge < -0.3 is 24.8 Å². The third-order valence-electron chi connectivity index (χ3n) is 8.24. The number of likely N-dealkylation sites (N-methyl/N-ethyl adjacent to an activating group) is 1. The second kappa shape index (κ2) is 11.9. The summed E-state index contributed by atoms with van der Waals surface area (Å²) in [5.41, 5.74) is -1.66. The van der Waals surface area contributed by atoms with E-state index < -0.39 is 65.8 Å². The Morgan fingerprint density at radius 2 is 1.77 bits per heavy atom. The highest BCUT2D eigenvalue weighted by Crippen LogP contribution is 2.40. The monoisotopic (exact) mass is 628 g/mol. The van der Waals surface area contributed by atoms with Crippen molar-refractivity contribution in [1.29, 1.82) is 0 Å². The number of amides is 2. The number of nitrogens with zero attached hydrogens (tertiary/aromatic N) is 3. The molecule has 0 aromatic heterocycles. The molecule has 2 heterocycles. The van der Waals surface area contributed by atoms with Gasteiger partial charge in [-0.25, -0.2) is 22.4 Å². The average Bonchev–Trinajstić information content (AvgIpc) is 2.93. The zero-order valence-corrected chi connectivity index (χ0v) is 24.0. The van der Waals surface area contributed by atoms with E-state index in [1.807, 2.05) is 18.9 Å². The molecular formula is C30H31F7N4O3. The minimum absolute atomic E-state index is 0.00551. The molecule has 1 aliphatic carbocycles. The molecule has 2 fully saturated rings. The number of ether oxygens (including phenoxy) is 1. The minimum Gasteiger partial charge on any atom is -0.446 e. The Kier molecular flexibility index (Phi) is 8.58. The molecule has 1 atom stereocenters. The maximum atomic E-state index is 15.8. The van der Waals surface area contributed by atoms with Crippen LogP contribution in [0.15, 0.2) is 36.4 Å². The van der Waals surface area contributed by atoms with Gasteiger partial charge in [0.1, 0.15) is 17.7 Å². The Morgan fingerprint density at radius 1 is 1.05 bits per heavy atom. The molecule has 0 bridgehead atoms. The molecule has 1 saturated carbocycles. The van der Waals surface area contributed by atoms with Crippen molar-refractivity contribution in [1.82, 2.24) is 9.80 Å². The van der Waals surface area contributed by atoms with E-state index in [0.29, 0.717) is 31.6 Å². The third-order valence-corrected chi connectivity index (χ3v) is 8.24. The van der Waals surface area contributed by atoms with Crippen LogP contribution in [-0.4, -0.2) is 79.6 Å². The zero-order valence-electron chi connectivity index (χ0n) is 24.0. The molecule has 7 nitrogen and oxygen atoms in total. The predicted octanol–water partition coefficient (Wildman–Crippen LogP) is 6.40. The first-order chi connectivity index (χ1) is 20.6. The summed E-state index contributed by atoms with van der Waals surface area (Å²) in [5, 5.41) is 2.48. The number of hydrogen-bond donors (Lipinski definition) is 1. The number of anilines is 2. The molecule has 5 rings (SSSR count). The van der Waals surface area contributed by atoms with E-state index in [-0.39, 0.29) is 42.1 Å². The fourth-order valence-electron chi connectivity index (χ4n) is 5.58. The van der Waals surface area contributed by atoms with Gasteiger partial charge in [0.2, 0.25) is 0 Å². The van der Waals surface area contributed by atoms with Gasteiger partial charge in [-0.15, -0.1) is 0 Å². The summed E-state index contributed by atoms with van der Waals surface area (Å²) in [5.74, 6) is -5.90. The predicted molar refractivity (Wildman–Crippen MR) is 149 cm³/mol. The Bertz CT molecular complexity index is 1470. The van der Waals surface area contributed by atoms with Gasteiger partial charge in [0.25, 0.3) is 11.8 Å². The third kappa shape index (κ3) is 6.79. The molecule has 3 aliphatic rings. The van der Waals surface area contributed by atoms with Crippen molar-refractivity contribution in [2.75, 3.05) is 50.0 Å². The quantitative estimate of drug-likeness (QED) is 0.389. The minimum atomic E-state index is -5.02. The van der Waals surface area contributed by atoms with Crippen molar-refractivity contribution in [3.8, 4) is 0 Å². The fourth-order valence-corrected chi connectivity index (χ4v) is 5.58. The Labute approximate surface area is 249 Å². The number of piperazine rings is 1. The Hall–Kier alpha value is -3.81. The number of halogens is 7. The van der Waals surface area contributed by atoms with E-state index >= 15 is 4.39 Å². The molecule has 1 unspecified atom stereocenters. The number of benzene rings is 2.